The van der Waals surface area contributed by atoms with Crippen LogP contribution in [0.4, 0.5) is 5.69 Å². The first-order chi connectivity index (χ1) is 9.34. The van der Waals surface area contributed by atoms with Gasteiger partial charge in [-0.05, 0) is 39.7 Å². The van der Waals surface area contributed by atoms with Crippen molar-refractivity contribution in [1.82, 2.24) is 4.72 Å². The zero-order chi connectivity index (χ0) is 12.8. The van der Waals surface area contributed by atoms with Crippen LogP contribution in [0.3, 0.4) is 0 Å². The van der Waals surface area contributed by atoms with Crippen molar-refractivity contribution < 1.29 is 0 Å². The lowest BCUT2D eigenvalue weighted by Gasteiger charge is -2.45. The van der Waals surface area contributed by atoms with Gasteiger partial charge in [0.2, 0.25) is 0 Å². The molecular formula is C14H11B2BrN2. The Morgan fingerprint density at radius 3 is 2.89 bits per heavy atom. The maximum Gasteiger partial charge on any atom is 0.395 e. The summed E-state index contributed by atoms with van der Waals surface area (Å²) in [6, 6.07) is 8.63. The van der Waals surface area contributed by atoms with Crippen LogP contribution in [-0.2, 0) is 0 Å². The van der Waals surface area contributed by atoms with Crippen molar-refractivity contribution in [1.29, 1.82) is 0 Å². The normalized spacial score (nSPS) is 19.1. The smallest absolute Gasteiger partial charge is 0.395 e. The van der Waals surface area contributed by atoms with E-state index < -0.39 is 0 Å². The Kier molecular flexibility index (Phi) is 2.49. The van der Waals surface area contributed by atoms with E-state index >= 15 is 0 Å². The highest BCUT2D eigenvalue weighted by Crippen LogP contribution is 2.29. The Bertz CT molecular complexity index is 651. The molecule has 0 saturated heterocycles. The standard InChI is InChI=1S/C14H11B2BrN2/c17-12-7-9-16-18(11-12)14-6-2-1-5-13(14)15-8-3-4-10-19(15)16/h1-11H. The predicted octanol–water partition coefficient (Wildman–Crippen LogP) is 2.46. The second-order valence-corrected chi connectivity index (χ2v) is 5.79. The van der Waals surface area contributed by atoms with E-state index in [0.29, 0.717) is 6.85 Å². The molecule has 0 fully saturated rings. The fourth-order valence-corrected chi connectivity index (χ4v) is 3.35. The summed E-state index contributed by atoms with van der Waals surface area (Å²) in [6.45, 7) is 0.583. The fraction of sp³-hybridized carbons (Fsp3) is 0. The highest BCUT2D eigenvalue weighted by atomic mass is 79.9. The minimum atomic E-state index is 0.252. The Morgan fingerprint density at radius 1 is 1.05 bits per heavy atom. The third kappa shape index (κ3) is 1.65. The van der Waals surface area contributed by atoms with Crippen molar-refractivity contribution >= 4 is 40.9 Å². The summed E-state index contributed by atoms with van der Waals surface area (Å²) in [5.41, 5.74) is 2.64. The van der Waals surface area contributed by atoms with Gasteiger partial charge in [-0.25, -0.2) is 0 Å². The Labute approximate surface area is 122 Å². The third-order valence-electron chi connectivity index (χ3n) is 3.80. The van der Waals surface area contributed by atoms with Crippen LogP contribution in [-0.4, -0.2) is 18.6 Å². The van der Waals surface area contributed by atoms with Gasteiger partial charge in [0.1, 0.15) is 0 Å². The van der Waals surface area contributed by atoms with E-state index in [1.807, 2.05) is 0 Å². The first-order valence-corrected chi connectivity index (χ1v) is 7.19. The van der Waals surface area contributed by atoms with Crippen LogP contribution in [0.25, 0.3) is 0 Å². The highest BCUT2D eigenvalue weighted by molar-refractivity contribution is 9.11. The summed E-state index contributed by atoms with van der Waals surface area (Å²) in [5, 5.41) is 0. The molecule has 0 amide bonds. The van der Waals surface area contributed by atoms with Crippen molar-refractivity contribution in [2.75, 3.05) is 4.81 Å². The number of nitrogens with zero attached hydrogens (tertiary/aromatic N) is 2. The van der Waals surface area contributed by atoms with Crippen LogP contribution in [0.15, 0.2) is 71.3 Å². The van der Waals surface area contributed by atoms with E-state index in [1.165, 1.54) is 11.2 Å². The van der Waals surface area contributed by atoms with Crippen LogP contribution in [0.2, 0.25) is 0 Å². The molecule has 0 N–H and O–H groups in total. The number of rotatable bonds is 0. The molecule has 1 aromatic rings. The molecule has 3 heterocycles. The highest BCUT2D eigenvalue weighted by Gasteiger charge is 2.41. The minimum Gasteiger partial charge on any atom is -0.437 e. The third-order valence-corrected chi connectivity index (χ3v) is 4.27. The van der Waals surface area contributed by atoms with Crippen molar-refractivity contribution in [2.24, 2.45) is 0 Å². The van der Waals surface area contributed by atoms with Gasteiger partial charge in [-0.15, -0.1) is 0 Å². The van der Waals surface area contributed by atoms with Gasteiger partial charge < -0.3 is 9.53 Å². The molecule has 0 bridgehead atoms. The average Bonchev–Trinajstić information content (AvgIpc) is 2.47. The van der Waals surface area contributed by atoms with Crippen LogP contribution < -0.4 is 10.3 Å². The number of fused-ring (bicyclic) bond motifs is 6. The molecule has 3 aliphatic heterocycles. The molecule has 19 heavy (non-hydrogen) atoms. The molecule has 0 saturated carbocycles. The topological polar surface area (TPSA) is 6.48 Å². The maximum atomic E-state index is 3.57. The molecule has 5 heteroatoms. The van der Waals surface area contributed by atoms with Crippen LogP contribution >= 0.6 is 15.9 Å². The lowest BCUT2D eigenvalue weighted by atomic mass is 9.43. The number of halogens is 1. The molecule has 4 rings (SSSR count). The number of benzene rings is 1. The Morgan fingerprint density at radius 2 is 1.95 bits per heavy atom. The number of hydrogen-bond donors (Lipinski definition) is 0. The molecule has 1 aromatic carbocycles. The monoisotopic (exact) mass is 308 g/mol. The summed E-state index contributed by atoms with van der Waals surface area (Å²) in [6.07, 6.45) is 10.7. The Hall–Kier alpha value is -1.61. The largest absolute Gasteiger partial charge is 0.437 e. The molecule has 0 aromatic heterocycles. The zero-order valence-corrected chi connectivity index (χ0v) is 11.9. The second kappa shape index (κ2) is 4.20. The predicted molar refractivity (Wildman–Crippen MR) is 86.3 cm³/mol. The summed E-state index contributed by atoms with van der Waals surface area (Å²) >= 11 is 3.57. The van der Waals surface area contributed by atoms with Gasteiger partial charge >= 0.3 is 13.8 Å². The van der Waals surface area contributed by atoms with E-state index in [4.69, 9.17) is 0 Å². The molecule has 0 atom stereocenters. The number of allylic oxidation sites excluding steroid dienone is 4. The van der Waals surface area contributed by atoms with Gasteiger partial charge in [-0.2, -0.15) is 0 Å². The van der Waals surface area contributed by atoms with E-state index in [0.717, 1.165) is 4.48 Å². The van der Waals surface area contributed by atoms with Crippen molar-refractivity contribution in [2.45, 2.75) is 0 Å². The number of hydrogen-bond acceptors (Lipinski definition) is 2. The van der Waals surface area contributed by atoms with E-state index in [2.05, 4.69) is 92.3 Å². The fourth-order valence-electron chi connectivity index (χ4n) is 2.98. The molecule has 0 spiro atoms. The van der Waals surface area contributed by atoms with Crippen LogP contribution in [0.1, 0.15) is 0 Å². The van der Waals surface area contributed by atoms with Crippen molar-refractivity contribution in [3.63, 3.8) is 0 Å². The molecule has 0 unspecified atom stereocenters. The number of anilines is 1. The van der Waals surface area contributed by atoms with E-state index in [-0.39, 0.29) is 6.98 Å². The van der Waals surface area contributed by atoms with E-state index in [9.17, 15) is 0 Å². The lowest BCUT2D eigenvalue weighted by Crippen LogP contribution is -2.64. The second-order valence-electron chi connectivity index (χ2n) is 4.87. The van der Waals surface area contributed by atoms with Gasteiger partial charge in [0, 0.05) is 16.4 Å². The first-order valence-electron chi connectivity index (χ1n) is 6.40. The first kappa shape index (κ1) is 11.2. The SMILES string of the molecule is BrC1=CN2B(C=C1)N1C=CC=CB1c1ccccc12. The van der Waals surface area contributed by atoms with Gasteiger partial charge in [0.15, 0.2) is 0 Å². The van der Waals surface area contributed by atoms with Gasteiger partial charge in [-0.3, -0.25) is 0 Å². The molecule has 3 aliphatic rings. The van der Waals surface area contributed by atoms with E-state index in [1.54, 1.807) is 0 Å². The summed E-state index contributed by atoms with van der Waals surface area (Å²) in [4.78, 5) is 2.32. The summed E-state index contributed by atoms with van der Waals surface area (Å²) in [7, 11) is 0. The van der Waals surface area contributed by atoms with Crippen LogP contribution in [0.5, 0.6) is 0 Å². The van der Waals surface area contributed by atoms with Gasteiger partial charge in [0.25, 0.3) is 0 Å². The summed E-state index contributed by atoms with van der Waals surface area (Å²) < 4.78 is 3.49. The summed E-state index contributed by atoms with van der Waals surface area (Å²) in [5.74, 6) is 4.49. The van der Waals surface area contributed by atoms with Crippen molar-refractivity contribution in [3.8, 4) is 0 Å². The molecule has 90 valence electrons. The molecule has 0 aliphatic carbocycles. The number of para-hydroxylation sites is 1. The minimum absolute atomic E-state index is 0.252. The average molecular weight is 309 g/mol. The molecular weight excluding hydrogens is 298 g/mol. The Balaban J connectivity index is 1.93. The zero-order valence-electron chi connectivity index (χ0n) is 10.3. The van der Waals surface area contributed by atoms with Gasteiger partial charge in [-0.1, -0.05) is 42.3 Å². The molecule has 0 radical (unpaired) electrons. The van der Waals surface area contributed by atoms with Gasteiger partial charge in [0.05, 0.1) is 0 Å². The maximum absolute atomic E-state index is 3.57. The molecule has 2 nitrogen and oxygen atoms in total. The quantitative estimate of drug-likeness (QED) is 0.679. The lowest BCUT2D eigenvalue weighted by molar-refractivity contribution is 0.878. The van der Waals surface area contributed by atoms with Crippen molar-refractivity contribution in [3.05, 3.63) is 71.3 Å². The van der Waals surface area contributed by atoms with Crippen LogP contribution in [0, 0.1) is 0 Å².